The summed E-state index contributed by atoms with van der Waals surface area (Å²) in [6.45, 7) is 8.75. The smallest absolute Gasteiger partial charge is 0.0167 e. The summed E-state index contributed by atoms with van der Waals surface area (Å²) in [7, 11) is 0. The molecule has 0 N–H and O–H groups in total. The van der Waals surface area contributed by atoms with Crippen LogP contribution in [0.4, 0.5) is 0 Å². The molecule has 235 valence electrons. The summed E-state index contributed by atoms with van der Waals surface area (Å²) in [5, 5.41) is 11.4. The minimum atomic E-state index is 0. The number of hydrogen-bond donors (Lipinski definition) is 0. The molecule has 0 spiro atoms. The summed E-state index contributed by atoms with van der Waals surface area (Å²) in [6.07, 6.45) is 3.82. The molecule has 0 bridgehead atoms. The van der Waals surface area contributed by atoms with Crippen LogP contribution in [0, 0.1) is 19.1 Å². The molecule has 1 radical (unpaired) electrons. The minimum Gasteiger partial charge on any atom is -0.305 e. The van der Waals surface area contributed by atoms with E-state index in [9.17, 15) is 0 Å². The average Bonchev–Trinajstić information content (AvgIpc) is 3.11. The van der Waals surface area contributed by atoms with Gasteiger partial charge in [-0.15, -0.1) is 64.5 Å². The second-order valence-electron chi connectivity index (χ2n) is 13.3. The molecule has 0 saturated heterocycles. The van der Waals surface area contributed by atoms with Crippen LogP contribution in [-0.2, 0) is 25.5 Å². The maximum Gasteiger partial charge on any atom is 0.0167 e. The van der Waals surface area contributed by atoms with E-state index in [4.69, 9.17) is 4.98 Å². The molecular weight excluding hydrogens is 761 g/mol. The zero-order valence-corrected chi connectivity index (χ0v) is 29.8. The van der Waals surface area contributed by atoms with Crippen molar-refractivity contribution in [3.63, 3.8) is 0 Å². The summed E-state index contributed by atoms with van der Waals surface area (Å²) in [5.74, 6) is 0. The molecule has 0 saturated carbocycles. The second kappa shape index (κ2) is 12.6. The molecule has 9 aromatic rings. The Bertz CT molecular complexity index is 2560. The van der Waals surface area contributed by atoms with Gasteiger partial charge in [-0.2, -0.15) is 0 Å². The predicted molar refractivity (Wildman–Crippen MR) is 199 cm³/mol. The first-order valence-electron chi connectivity index (χ1n) is 16.2. The van der Waals surface area contributed by atoms with Crippen LogP contribution in [-0.4, -0.2) is 9.97 Å². The van der Waals surface area contributed by atoms with E-state index in [-0.39, 0.29) is 25.5 Å². The normalized spacial score (nSPS) is 11.6. The van der Waals surface area contributed by atoms with Crippen molar-refractivity contribution in [1.29, 1.82) is 0 Å². The molecule has 2 nitrogen and oxygen atoms in total. The van der Waals surface area contributed by atoms with Gasteiger partial charge in [0, 0.05) is 32.5 Å². The summed E-state index contributed by atoms with van der Waals surface area (Å²) < 4.78 is 0. The van der Waals surface area contributed by atoms with Crippen molar-refractivity contribution >= 4 is 54.0 Å². The molecule has 48 heavy (non-hydrogen) atoms. The van der Waals surface area contributed by atoms with Gasteiger partial charge in [0.05, 0.1) is 0 Å². The summed E-state index contributed by atoms with van der Waals surface area (Å²) >= 11 is 0. The fourth-order valence-electron chi connectivity index (χ4n) is 6.83. The van der Waals surface area contributed by atoms with E-state index in [1.54, 1.807) is 0 Å². The number of aryl methyl sites for hydroxylation is 1. The first kappa shape index (κ1) is 31.6. The van der Waals surface area contributed by atoms with Gasteiger partial charge in [0.15, 0.2) is 0 Å². The standard InChI is InChI=1S/C24H14N.C21H20N.Ir/c1-14-9-10-17-19-8-4-7-18-15-5-2-3-6-16(15)20-11-12-25-24(21(17)13-14)23(20)22(18)19;1-21(2,3)19-12-13-22-20(15-19)18-11-7-10-17(14-18)16-8-5-4-6-9-16;/h2-12H,1H3;4-10,12-15H,1-3H3;/q2*-1;. The topological polar surface area (TPSA) is 25.8 Å². The Balaban J connectivity index is 0.000000150. The third kappa shape index (κ3) is 5.54. The summed E-state index contributed by atoms with van der Waals surface area (Å²) in [5.41, 5.74) is 8.03. The molecule has 7 aromatic carbocycles. The van der Waals surface area contributed by atoms with Crippen LogP contribution >= 0.6 is 0 Å². The van der Waals surface area contributed by atoms with Crippen molar-refractivity contribution in [3.8, 4) is 22.4 Å². The van der Waals surface area contributed by atoms with Crippen LogP contribution in [0.1, 0.15) is 31.9 Å². The van der Waals surface area contributed by atoms with Gasteiger partial charge in [0.2, 0.25) is 0 Å². The van der Waals surface area contributed by atoms with Gasteiger partial charge in [0.25, 0.3) is 0 Å². The van der Waals surface area contributed by atoms with Crippen LogP contribution in [0.25, 0.3) is 76.4 Å². The fraction of sp³-hybridized carbons (Fsp3) is 0.111. The first-order valence-corrected chi connectivity index (χ1v) is 16.2. The van der Waals surface area contributed by atoms with Crippen LogP contribution in [0.15, 0.2) is 134 Å². The Morgan fingerprint density at radius 2 is 1.23 bits per heavy atom. The third-order valence-electron chi connectivity index (χ3n) is 9.20. The molecule has 3 heteroatoms. The Kier molecular flexibility index (Phi) is 8.29. The zero-order valence-electron chi connectivity index (χ0n) is 27.4. The van der Waals surface area contributed by atoms with Crippen molar-refractivity contribution in [3.05, 3.63) is 157 Å². The van der Waals surface area contributed by atoms with E-state index < -0.39 is 0 Å². The SMILES string of the molecule is CC(C)(C)c1ccnc(-c2[c-]ccc(-c3ccccc3)c2)c1.Cc1[c-]c2c(cc1)c1cccc3c4ccccc4c4ccnc2c4c13.[Ir]. The molecule has 0 amide bonds. The number of nitrogens with zero attached hydrogens (tertiary/aromatic N) is 2. The maximum absolute atomic E-state index is 4.78. The van der Waals surface area contributed by atoms with Crippen molar-refractivity contribution in [2.45, 2.75) is 33.1 Å². The average molecular weight is 795 g/mol. The van der Waals surface area contributed by atoms with Gasteiger partial charge >= 0.3 is 0 Å². The third-order valence-corrected chi connectivity index (χ3v) is 9.20. The van der Waals surface area contributed by atoms with E-state index in [1.807, 2.05) is 24.5 Å². The number of benzene rings is 7. The van der Waals surface area contributed by atoms with Crippen LogP contribution < -0.4 is 0 Å². The van der Waals surface area contributed by atoms with E-state index in [0.717, 1.165) is 27.7 Å². The number of aromatic nitrogens is 2. The number of rotatable bonds is 2. The van der Waals surface area contributed by atoms with Crippen molar-refractivity contribution < 1.29 is 20.1 Å². The molecule has 0 unspecified atom stereocenters. The molecule has 0 fully saturated rings. The van der Waals surface area contributed by atoms with E-state index in [2.05, 4.69) is 154 Å². The van der Waals surface area contributed by atoms with Gasteiger partial charge in [-0.3, -0.25) is 0 Å². The molecule has 0 aliphatic carbocycles. The second-order valence-corrected chi connectivity index (χ2v) is 13.3. The molecular formula is C45H34IrN2-2. The molecule has 9 rings (SSSR count). The summed E-state index contributed by atoms with van der Waals surface area (Å²) in [4.78, 5) is 9.30. The quantitative estimate of drug-likeness (QED) is 0.0989. The maximum atomic E-state index is 4.78. The van der Waals surface area contributed by atoms with Crippen LogP contribution in [0.2, 0.25) is 0 Å². The molecule has 0 atom stereocenters. The van der Waals surface area contributed by atoms with E-state index in [0.29, 0.717) is 0 Å². The number of hydrogen-bond acceptors (Lipinski definition) is 2. The van der Waals surface area contributed by atoms with E-state index >= 15 is 0 Å². The van der Waals surface area contributed by atoms with Crippen molar-refractivity contribution in [2.24, 2.45) is 0 Å². The van der Waals surface area contributed by atoms with Gasteiger partial charge in [-0.1, -0.05) is 117 Å². The van der Waals surface area contributed by atoms with Gasteiger partial charge in [0.1, 0.15) is 0 Å². The number of pyridine rings is 2. The van der Waals surface area contributed by atoms with Gasteiger partial charge in [-0.25, -0.2) is 0 Å². The van der Waals surface area contributed by atoms with E-state index in [1.165, 1.54) is 59.8 Å². The monoisotopic (exact) mass is 795 g/mol. The van der Waals surface area contributed by atoms with Crippen molar-refractivity contribution in [1.82, 2.24) is 9.97 Å². The first-order chi connectivity index (χ1) is 22.9. The molecule has 0 aliphatic heterocycles. The fourth-order valence-corrected chi connectivity index (χ4v) is 6.83. The predicted octanol–water partition coefficient (Wildman–Crippen LogP) is 11.9. The Morgan fingerprint density at radius 1 is 0.562 bits per heavy atom. The Morgan fingerprint density at radius 3 is 1.98 bits per heavy atom. The van der Waals surface area contributed by atoms with Crippen LogP contribution in [0.3, 0.4) is 0 Å². The minimum absolute atomic E-state index is 0. The zero-order chi connectivity index (χ0) is 32.1. The largest absolute Gasteiger partial charge is 0.305 e. The molecule has 2 aromatic heterocycles. The molecule has 0 aliphatic rings. The van der Waals surface area contributed by atoms with Crippen molar-refractivity contribution in [2.75, 3.05) is 0 Å². The summed E-state index contributed by atoms with van der Waals surface area (Å²) in [6, 6.07) is 49.6. The van der Waals surface area contributed by atoms with Gasteiger partial charge in [-0.05, 0) is 72.2 Å². The van der Waals surface area contributed by atoms with Crippen LogP contribution in [0.5, 0.6) is 0 Å². The number of fused-ring (bicyclic) bond motifs is 6. The van der Waals surface area contributed by atoms with Gasteiger partial charge < -0.3 is 9.97 Å². The Hall–Kier alpha value is -4.95. The molecule has 2 heterocycles. The Labute approximate surface area is 295 Å².